The summed E-state index contributed by atoms with van der Waals surface area (Å²) in [5.74, 6) is 0.297. The lowest BCUT2D eigenvalue weighted by molar-refractivity contribution is -0.118. The molecule has 28 heavy (non-hydrogen) atoms. The van der Waals surface area contributed by atoms with Gasteiger partial charge in [0.2, 0.25) is 5.91 Å². The van der Waals surface area contributed by atoms with Gasteiger partial charge >= 0.3 is 0 Å². The van der Waals surface area contributed by atoms with Crippen molar-refractivity contribution in [3.8, 4) is 0 Å². The number of aromatic nitrogens is 2. The molecule has 146 valence electrons. The van der Waals surface area contributed by atoms with Crippen LogP contribution in [0.3, 0.4) is 0 Å². The van der Waals surface area contributed by atoms with Crippen molar-refractivity contribution in [3.05, 3.63) is 84.2 Å². The van der Waals surface area contributed by atoms with Gasteiger partial charge in [0.05, 0.1) is 18.6 Å². The number of rotatable bonds is 8. The van der Waals surface area contributed by atoms with Gasteiger partial charge in [0.15, 0.2) is 0 Å². The van der Waals surface area contributed by atoms with E-state index in [0.717, 1.165) is 16.8 Å². The minimum absolute atomic E-state index is 0.0257. The fourth-order valence-electron chi connectivity index (χ4n) is 3.27. The molecule has 0 saturated carbocycles. The van der Waals surface area contributed by atoms with Crippen molar-refractivity contribution in [1.29, 1.82) is 0 Å². The highest BCUT2D eigenvalue weighted by atomic mass is 16.2. The summed E-state index contributed by atoms with van der Waals surface area (Å²) in [4.78, 5) is 12.9. The molecule has 0 aliphatic heterocycles. The van der Waals surface area contributed by atoms with Gasteiger partial charge in [-0.1, -0.05) is 62.4 Å². The first-order valence-corrected chi connectivity index (χ1v) is 9.73. The van der Waals surface area contributed by atoms with E-state index in [4.69, 9.17) is 0 Å². The van der Waals surface area contributed by atoms with Gasteiger partial charge in [0.1, 0.15) is 0 Å². The van der Waals surface area contributed by atoms with Gasteiger partial charge in [0.25, 0.3) is 0 Å². The lowest BCUT2D eigenvalue weighted by Crippen LogP contribution is -2.41. The van der Waals surface area contributed by atoms with Crippen LogP contribution in [0.5, 0.6) is 0 Å². The number of benzene rings is 2. The molecule has 0 radical (unpaired) electrons. The van der Waals surface area contributed by atoms with E-state index in [1.54, 1.807) is 6.20 Å². The van der Waals surface area contributed by atoms with Gasteiger partial charge in [-0.25, -0.2) is 0 Å². The number of nitrogens with zero attached hydrogens (tertiary/aromatic N) is 2. The van der Waals surface area contributed by atoms with Crippen molar-refractivity contribution in [2.75, 3.05) is 5.32 Å². The number of carbonyl (C=O) groups is 1. The Hall–Kier alpha value is -2.92. The van der Waals surface area contributed by atoms with E-state index in [1.807, 2.05) is 60.3 Å². The average Bonchev–Trinajstić information content (AvgIpc) is 3.21. The largest absolute Gasteiger partial charge is 0.324 e. The van der Waals surface area contributed by atoms with Crippen LogP contribution in [0, 0.1) is 0 Å². The third kappa shape index (κ3) is 5.08. The van der Waals surface area contributed by atoms with Crippen molar-refractivity contribution < 1.29 is 4.79 Å². The first-order chi connectivity index (χ1) is 13.5. The van der Waals surface area contributed by atoms with E-state index in [2.05, 4.69) is 47.8 Å². The Bertz CT molecular complexity index is 875. The molecule has 2 aromatic carbocycles. The van der Waals surface area contributed by atoms with Gasteiger partial charge in [0, 0.05) is 18.1 Å². The lowest BCUT2D eigenvalue weighted by atomic mass is 10.0. The summed E-state index contributed by atoms with van der Waals surface area (Å²) in [7, 11) is 0. The maximum absolute atomic E-state index is 12.9. The smallest absolute Gasteiger partial charge is 0.241 e. The van der Waals surface area contributed by atoms with Crippen LogP contribution < -0.4 is 10.6 Å². The van der Waals surface area contributed by atoms with Crippen LogP contribution in [0.15, 0.2) is 73.1 Å². The van der Waals surface area contributed by atoms with Gasteiger partial charge < -0.3 is 5.32 Å². The quantitative estimate of drug-likeness (QED) is 0.614. The standard InChI is InChI=1S/C23H28N4O/c1-17(2)20-12-7-8-13-21(20)26-23(28)18(3)25-22(16-27-15-9-14-24-27)19-10-5-4-6-11-19/h4-15,17-18,22,25H,16H2,1-3H3,(H,26,28)/t18-,22-/m1/s1. The molecule has 0 spiro atoms. The number of hydrogen-bond donors (Lipinski definition) is 2. The summed E-state index contributed by atoms with van der Waals surface area (Å²) >= 11 is 0. The molecule has 5 nitrogen and oxygen atoms in total. The van der Waals surface area contributed by atoms with E-state index in [9.17, 15) is 4.79 Å². The van der Waals surface area contributed by atoms with Crippen LogP contribution in [-0.2, 0) is 11.3 Å². The minimum atomic E-state index is -0.360. The number of carbonyl (C=O) groups excluding carboxylic acids is 1. The Balaban J connectivity index is 1.72. The zero-order valence-electron chi connectivity index (χ0n) is 16.7. The Kier molecular flexibility index (Phi) is 6.61. The molecule has 2 atom stereocenters. The van der Waals surface area contributed by atoms with Crippen LogP contribution >= 0.6 is 0 Å². The van der Waals surface area contributed by atoms with Crippen LogP contribution in [0.2, 0.25) is 0 Å². The van der Waals surface area contributed by atoms with E-state index in [-0.39, 0.29) is 18.0 Å². The fraction of sp³-hybridized carbons (Fsp3) is 0.304. The molecule has 0 saturated heterocycles. The third-order valence-electron chi connectivity index (χ3n) is 4.82. The zero-order valence-corrected chi connectivity index (χ0v) is 16.7. The van der Waals surface area contributed by atoms with Crippen molar-refractivity contribution in [3.63, 3.8) is 0 Å². The maximum Gasteiger partial charge on any atom is 0.241 e. The normalized spacial score (nSPS) is 13.3. The Morgan fingerprint density at radius 2 is 1.71 bits per heavy atom. The van der Waals surface area contributed by atoms with Crippen LogP contribution in [-0.4, -0.2) is 21.7 Å². The van der Waals surface area contributed by atoms with Crippen molar-refractivity contribution in [2.45, 2.75) is 45.3 Å². The summed E-state index contributed by atoms with van der Waals surface area (Å²) in [5.41, 5.74) is 3.14. The van der Waals surface area contributed by atoms with Gasteiger partial charge in [-0.05, 0) is 36.1 Å². The van der Waals surface area contributed by atoms with Crippen LogP contribution in [0.4, 0.5) is 5.69 Å². The van der Waals surface area contributed by atoms with Gasteiger partial charge in [-0.2, -0.15) is 5.10 Å². The summed E-state index contributed by atoms with van der Waals surface area (Å²) in [6.07, 6.45) is 3.70. The highest BCUT2D eigenvalue weighted by Crippen LogP contribution is 2.24. The Morgan fingerprint density at radius 1 is 1.00 bits per heavy atom. The maximum atomic E-state index is 12.9. The molecule has 0 fully saturated rings. The molecular formula is C23H28N4O. The predicted molar refractivity (Wildman–Crippen MR) is 113 cm³/mol. The molecule has 3 rings (SSSR count). The monoisotopic (exact) mass is 376 g/mol. The van der Waals surface area contributed by atoms with Crippen molar-refractivity contribution in [2.24, 2.45) is 0 Å². The summed E-state index contributed by atoms with van der Waals surface area (Å²) in [6, 6.07) is 19.6. The molecule has 0 aliphatic carbocycles. The molecule has 1 heterocycles. The first-order valence-electron chi connectivity index (χ1n) is 9.73. The van der Waals surface area contributed by atoms with Crippen molar-refractivity contribution in [1.82, 2.24) is 15.1 Å². The van der Waals surface area contributed by atoms with Gasteiger partial charge in [-0.15, -0.1) is 0 Å². The van der Waals surface area contributed by atoms with Gasteiger partial charge in [-0.3, -0.25) is 14.8 Å². The molecule has 3 aromatic rings. The van der Waals surface area contributed by atoms with Crippen LogP contribution in [0.1, 0.15) is 43.9 Å². The zero-order chi connectivity index (χ0) is 19.9. The molecule has 0 unspecified atom stereocenters. The number of amides is 1. The second kappa shape index (κ2) is 9.33. The number of hydrogen-bond acceptors (Lipinski definition) is 3. The molecule has 1 aromatic heterocycles. The Labute approximate surface area is 166 Å². The van der Waals surface area contributed by atoms with E-state index in [0.29, 0.717) is 12.5 Å². The molecular weight excluding hydrogens is 348 g/mol. The molecule has 1 amide bonds. The second-order valence-electron chi connectivity index (χ2n) is 7.31. The molecule has 5 heteroatoms. The van der Waals surface area contributed by atoms with Crippen LogP contribution in [0.25, 0.3) is 0 Å². The van der Waals surface area contributed by atoms with E-state index >= 15 is 0 Å². The third-order valence-corrected chi connectivity index (χ3v) is 4.82. The minimum Gasteiger partial charge on any atom is -0.324 e. The van der Waals surface area contributed by atoms with E-state index < -0.39 is 0 Å². The molecule has 2 N–H and O–H groups in total. The fourth-order valence-corrected chi connectivity index (χ4v) is 3.27. The SMILES string of the molecule is CC(C)c1ccccc1NC(=O)[C@@H](C)N[C@H](Cn1cccn1)c1ccccc1. The average molecular weight is 377 g/mol. The highest BCUT2D eigenvalue weighted by Gasteiger charge is 2.21. The summed E-state index contributed by atoms with van der Waals surface area (Å²) in [5, 5.41) is 10.9. The number of anilines is 1. The lowest BCUT2D eigenvalue weighted by Gasteiger charge is -2.24. The topological polar surface area (TPSA) is 59.0 Å². The second-order valence-corrected chi connectivity index (χ2v) is 7.31. The highest BCUT2D eigenvalue weighted by molar-refractivity contribution is 5.95. The van der Waals surface area contributed by atoms with Crippen molar-refractivity contribution >= 4 is 11.6 Å². The Morgan fingerprint density at radius 3 is 2.39 bits per heavy atom. The molecule has 0 aliphatic rings. The number of nitrogens with one attached hydrogen (secondary N) is 2. The molecule has 0 bridgehead atoms. The van der Waals surface area contributed by atoms with E-state index in [1.165, 1.54) is 0 Å². The summed E-state index contributed by atoms with van der Waals surface area (Å²) < 4.78 is 1.88. The summed E-state index contributed by atoms with van der Waals surface area (Å²) in [6.45, 7) is 6.80. The first kappa shape index (κ1) is 19.8. The predicted octanol–water partition coefficient (Wildman–Crippen LogP) is 4.36. The number of para-hydroxylation sites is 1.